The molecule has 0 saturated carbocycles. The van der Waals surface area contributed by atoms with Gasteiger partial charge < -0.3 is 9.47 Å². The minimum absolute atomic E-state index is 0.0715. The van der Waals surface area contributed by atoms with E-state index in [1.807, 2.05) is 6.92 Å². The Morgan fingerprint density at radius 1 is 0.692 bits per heavy atom. The van der Waals surface area contributed by atoms with Crippen LogP contribution in [0.4, 0.5) is 35.1 Å². The number of nitrogens with zero attached hydrogens (tertiary/aromatic N) is 1. The van der Waals surface area contributed by atoms with Crippen LogP contribution in [0, 0.1) is 58.1 Å². The van der Waals surface area contributed by atoms with Gasteiger partial charge in [0.1, 0.15) is 63.6 Å². The van der Waals surface area contributed by atoms with Gasteiger partial charge in [-0.2, -0.15) is 14.0 Å². The fraction of sp³-hybridized carbons (Fsp3) is 0.250. The smallest absolute Gasteiger partial charge is 0.432 e. The molecule has 0 aromatic heterocycles. The van der Waals surface area contributed by atoms with Crippen molar-refractivity contribution in [1.82, 2.24) is 0 Å². The number of unbranched alkanes of at least 4 members (excludes halogenated alkanes) is 3. The summed E-state index contributed by atoms with van der Waals surface area (Å²) in [5, 5.41) is 8.64. The fourth-order valence-electron chi connectivity index (χ4n) is 3.44. The predicted molar refractivity (Wildman–Crippen MR) is 124 cm³/mol. The highest BCUT2D eigenvalue weighted by Gasteiger charge is 2.41. The molecule has 0 N–H and O–H groups in total. The summed E-state index contributed by atoms with van der Waals surface area (Å²) < 4.78 is 124. The summed E-state index contributed by atoms with van der Waals surface area (Å²) in [5.41, 5.74) is -4.26. The second kappa shape index (κ2) is 12.5. The van der Waals surface area contributed by atoms with Crippen molar-refractivity contribution in [3.8, 4) is 29.4 Å². The van der Waals surface area contributed by atoms with Crippen LogP contribution in [0.3, 0.4) is 0 Å². The number of hydrogen-bond acceptors (Lipinski definition) is 3. The second-order valence-electron chi connectivity index (χ2n) is 8.23. The average Bonchev–Trinajstić information content (AvgIpc) is 2.82. The van der Waals surface area contributed by atoms with Crippen LogP contribution in [0.15, 0.2) is 36.4 Å². The Morgan fingerprint density at radius 2 is 1.23 bits per heavy atom. The molecule has 3 aromatic carbocycles. The van der Waals surface area contributed by atoms with Crippen molar-refractivity contribution < 1.29 is 44.6 Å². The third-order valence-electron chi connectivity index (χ3n) is 5.32. The zero-order chi connectivity index (χ0) is 28.7. The first-order chi connectivity index (χ1) is 18.5. The molecule has 0 atom stereocenters. The van der Waals surface area contributed by atoms with Gasteiger partial charge in [-0.3, -0.25) is 0 Å². The Morgan fingerprint density at radius 3 is 1.77 bits per heavy atom. The van der Waals surface area contributed by atoms with E-state index in [1.54, 1.807) is 0 Å². The SMILES string of the molecule is CCCCCCOc1cc(F)c(C#Cc2cc(F)c(C(F)(F)Oc3cc(F)c(C#N)c(F)c3)c(F)c2)c(F)c1. The van der Waals surface area contributed by atoms with Gasteiger partial charge in [0.25, 0.3) is 0 Å². The van der Waals surface area contributed by atoms with Crippen LogP contribution in [0.1, 0.15) is 54.9 Å². The van der Waals surface area contributed by atoms with Gasteiger partial charge >= 0.3 is 6.11 Å². The Labute approximate surface area is 218 Å². The van der Waals surface area contributed by atoms with Crippen molar-refractivity contribution in [1.29, 1.82) is 5.26 Å². The lowest BCUT2D eigenvalue weighted by atomic mass is 10.1. The molecule has 3 nitrogen and oxygen atoms in total. The Hall–Kier alpha value is -4.25. The topological polar surface area (TPSA) is 42.2 Å². The number of halogens is 8. The first-order valence-electron chi connectivity index (χ1n) is 11.6. The van der Waals surface area contributed by atoms with E-state index in [2.05, 4.69) is 16.6 Å². The Kier molecular flexibility index (Phi) is 9.42. The van der Waals surface area contributed by atoms with E-state index in [9.17, 15) is 35.1 Å². The number of nitriles is 1. The average molecular weight is 553 g/mol. The maximum Gasteiger partial charge on any atom is 0.432 e. The van der Waals surface area contributed by atoms with Gasteiger partial charge in [-0.1, -0.05) is 38.0 Å². The van der Waals surface area contributed by atoms with Gasteiger partial charge in [-0.15, -0.1) is 0 Å². The number of rotatable bonds is 9. The Bertz CT molecular complexity index is 1400. The molecule has 0 radical (unpaired) electrons. The van der Waals surface area contributed by atoms with Crippen LogP contribution in [-0.4, -0.2) is 6.61 Å². The highest BCUT2D eigenvalue weighted by Crippen LogP contribution is 2.36. The number of ether oxygens (including phenoxy) is 2. The molecule has 0 bridgehead atoms. The van der Waals surface area contributed by atoms with Gasteiger partial charge in [0.15, 0.2) is 0 Å². The lowest BCUT2D eigenvalue weighted by molar-refractivity contribution is -0.189. The minimum atomic E-state index is -4.75. The molecule has 0 unspecified atom stereocenters. The molecule has 39 heavy (non-hydrogen) atoms. The lowest BCUT2D eigenvalue weighted by Crippen LogP contribution is -2.25. The zero-order valence-electron chi connectivity index (χ0n) is 20.3. The first-order valence-corrected chi connectivity index (χ1v) is 11.6. The second-order valence-corrected chi connectivity index (χ2v) is 8.23. The summed E-state index contributed by atoms with van der Waals surface area (Å²) in [6.07, 6.45) is -1.18. The van der Waals surface area contributed by atoms with Crippen LogP contribution in [-0.2, 0) is 6.11 Å². The maximum absolute atomic E-state index is 14.5. The fourth-order valence-corrected chi connectivity index (χ4v) is 3.44. The molecule has 0 spiro atoms. The monoisotopic (exact) mass is 553 g/mol. The summed E-state index contributed by atoms with van der Waals surface area (Å²) in [7, 11) is 0. The molecule has 0 amide bonds. The summed E-state index contributed by atoms with van der Waals surface area (Å²) in [6.45, 7) is 2.27. The van der Waals surface area contributed by atoms with Crippen molar-refractivity contribution in [3.05, 3.63) is 93.6 Å². The van der Waals surface area contributed by atoms with Gasteiger partial charge in [0.05, 0.1) is 12.2 Å². The van der Waals surface area contributed by atoms with Gasteiger partial charge in [-0.25, -0.2) is 26.3 Å². The Balaban J connectivity index is 1.82. The van der Waals surface area contributed by atoms with Crippen LogP contribution in [0.5, 0.6) is 11.5 Å². The molecule has 3 rings (SSSR count). The third kappa shape index (κ3) is 7.20. The molecule has 204 valence electrons. The van der Waals surface area contributed by atoms with Gasteiger partial charge in [0, 0.05) is 29.8 Å². The summed E-state index contributed by atoms with van der Waals surface area (Å²) in [5.74, 6) is -6.02. The molecule has 0 heterocycles. The number of benzene rings is 3. The largest absolute Gasteiger partial charge is 0.493 e. The van der Waals surface area contributed by atoms with Crippen LogP contribution < -0.4 is 9.47 Å². The van der Waals surface area contributed by atoms with E-state index >= 15 is 0 Å². The molecular weight excluding hydrogens is 534 g/mol. The first kappa shape index (κ1) is 29.3. The highest BCUT2D eigenvalue weighted by molar-refractivity contribution is 5.47. The highest BCUT2D eigenvalue weighted by atomic mass is 19.3. The van der Waals surface area contributed by atoms with Gasteiger partial charge in [0.2, 0.25) is 0 Å². The zero-order valence-corrected chi connectivity index (χ0v) is 20.3. The predicted octanol–water partition coefficient (Wildman–Crippen LogP) is 7.88. The normalized spacial score (nSPS) is 11.0. The van der Waals surface area contributed by atoms with Crippen molar-refractivity contribution in [2.24, 2.45) is 0 Å². The quantitative estimate of drug-likeness (QED) is 0.154. The van der Waals surface area contributed by atoms with E-state index in [4.69, 9.17) is 10.00 Å². The molecule has 0 aliphatic rings. The van der Waals surface area contributed by atoms with Crippen LogP contribution in [0.2, 0.25) is 0 Å². The van der Waals surface area contributed by atoms with Crippen LogP contribution >= 0.6 is 0 Å². The minimum Gasteiger partial charge on any atom is -0.493 e. The third-order valence-corrected chi connectivity index (χ3v) is 5.32. The number of alkyl halides is 2. The molecule has 0 aliphatic carbocycles. The molecular formula is C28H19F8NO2. The van der Waals surface area contributed by atoms with E-state index in [0.29, 0.717) is 18.6 Å². The summed E-state index contributed by atoms with van der Waals surface area (Å²) in [6, 6.07) is 4.19. The molecule has 0 fully saturated rings. The lowest BCUT2D eigenvalue weighted by Gasteiger charge is -2.19. The van der Waals surface area contributed by atoms with E-state index in [-0.39, 0.29) is 24.5 Å². The maximum atomic E-state index is 14.5. The molecule has 0 saturated heterocycles. The number of hydrogen-bond donors (Lipinski definition) is 0. The van der Waals surface area contributed by atoms with Crippen molar-refractivity contribution in [3.63, 3.8) is 0 Å². The molecule has 3 aromatic rings. The van der Waals surface area contributed by atoms with Gasteiger partial charge in [-0.05, 0) is 18.6 Å². The van der Waals surface area contributed by atoms with Crippen LogP contribution in [0.25, 0.3) is 0 Å². The summed E-state index contributed by atoms with van der Waals surface area (Å²) >= 11 is 0. The molecule has 11 heteroatoms. The van der Waals surface area contributed by atoms with E-state index in [0.717, 1.165) is 31.4 Å². The standard InChI is InChI=1S/C28H19F8NO2/c1-2-3-4-5-8-38-17-11-21(29)19(22(30)12-17)7-6-16-9-25(33)27(26(34)10-16)28(35,36)39-18-13-23(31)20(15-37)24(32)14-18/h9-14H,2-5,8H2,1H3. The van der Waals surface area contributed by atoms with Crippen molar-refractivity contribution in [2.45, 2.75) is 38.7 Å². The van der Waals surface area contributed by atoms with E-state index in [1.165, 1.54) is 6.07 Å². The van der Waals surface area contributed by atoms with Crippen molar-refractivity contribution >= 4 is 0 Å². The molecule has 0 aliphatic heterocycles. The van der Waals surface area contributed by atoms with E-state index < -0.39 is 69.0 Å². The van der Waals surface area contributed by atoms with Crippen molar-refractivity contribution in [2.75, 3.05) is 6.61 Å². The summed E-state index contributed by atoms with van der Waals surface area (Å²) in [4.78, 5) is 0.